The summed E-state index contributed by atoms with van der Waals surface area (Å²) in [5, 5.41) is 20.2. The molecule has 0 aliphatic heterocycles. The summed E-state index contributed by atoms with van der Waals surface area (Å²) in [5.74, 6) is -0.237. The largest absolute Gasteiger partial charge is 0.388 e. The van der Waals surface area contributed by atoms with Crippen molar-refractivity contribution in [3.8, 4) is 0 Å². The van der Waals surface area contributed by atoms with Crippen molar-refractivity contribution in [3.63, 3.8) is 0 Å². The van der Waals surface area contributed by atoms with Crippen molar-refractivity contribution in [2.75, 3.05) is 6.54 Å². The molecule has 2 N–H and O–H groups in total. The van der Waals surface area contributed by atoms with Crippen molar-refractivity contribution in [3.05, 3.63) is 40.4 Å². The summed E-state index contributed by atoms with van der Waals surface area (Å²) < 4.78 is 4.72. The number of thiophene rings is 1. The molecule has 96 valence electrons. The zero-order valence-corrected chi connectivity index (χ0v) is 10.7. The zero-order chi connectivity index (χ0) is 13.0. The van der Waals surface area contributed by atoms with Crippen molar-refractivity contribution in [2.45, 2.75) is 18.9 Å². The molecule has 18 heavy (non-hydrogen) atoms. The summed E-state index contributed by atoms with van der Waals surface area (Å²) >= 11 is 1.58. The highest BCUT2D eigenvalue weighted by atomic mass is 32.1. The smallest absolute Gasteiger partial charge is 0.289 e. The summed E-state index contributed by atoms with van der Waals surface area (Å²) in [6.45, 7) is 1.84. The van der Waals surface area contributed by atoms with Gasteiger partial charge in [-0.25, -0.2) is 0 Å². The minimum Gasteiger partial charge on any atom is -0.388 e. The zero-order valence-electron chi connectivity index (χ0n) is 9.92. The minimum atomic E-state index is -0.989. The molecule has 0 spiro atoms. The summed E-state index contributed by atoms with van der Waals surface area (Å²) in [5.41, 5.74) is 0.0652. The molecule has 2 rings (SSSR count). The van der Waals surface area contributed by atoms with Crippen LogP contribution in [0.4, 0.5) is 0 Å². The van der Waals surface area contributed by atoms with Gasteiger partial charge in [-0.3, -0.25) is 4.79 Å². The van der Waals surface area contributed by atoms with Crippen LogP contribution in [0.15, 0.2) is 33.6 Å². The molecule has 1 amide bonds. The molecule has 0 aliphatic rings. The lowest BCUT2D eigenvalue weighted by atomic mass is 9.98. The number of nitrogens with one attached hydrogen (secondary N) is 1. The van der Waals surface area contributed by atoms with Gasteiger partial charge in [0.15, 0.2) is 0 Å². The van der Waals surface area contributed by atoms with E-state index in [1.165, 1.54) is 12.3 Å². The first-order valence-electron chi connectivity index (χ1n) is 5.49. The average Bonchev–Trinajstić information content (AvgIpc) is 2.97. The maximum absolute atomic E-state index is 11.6. The topological polar surface area (TPSA) is 75.4 Å². The SMILES string of the molecule is CC(O)(CNC(=O)c1ccno1)Cc1ccsc1. The lowest BCUT2D eigenvalue weighted by molar-refractivity contribution is 0.0543. The number of amides is 1. The van der Waals surface area contributed by atoms with Gasteiger partial charge >= 0.3 is 0 Å². The van der Waals surface area contributed by atoms with E-state index in [1.54, 1.807) is 18.3 Å². The van der Waals surface area contributed by atoms with E-state index in [9.17, 15) is 9.90 Å². The van der Waals surface area contributed by atoms with Crippen molar-refractivity contribution in [1.29, 1.82) is 0 Å². The van der Waals surface area contributed by atoms with Crippen molar-refractivity contribution >= 4 is 17.2 Å². The standard InChI is InChI=1S/C12H14N2O3S/c1-12(16,6-9-3-5-18-7-9)8-13-11(15)10-2-4-14-17-10/h2-5,7,16H,6,8H2,1H3,(H,13,15). The van der Waals surface area contributed by atoms with E-state index < -0.39 is 5.60 Å². The Bertz CT molecular complexity index is 491. The minimum absolute atomic E-state index is 0.140. The monoisotopic (exact) mass is 266 g/mol. The highest BCUT2D eigenvalue weighted by molar-refractivity contribution is 7.07. The lowest BCUT2D eigenvalue weighted by Gasteiger charge is -2.22. The van der Waals surface area contributed by atoms with E-state index in [0.29, 0.717) is 6.42 Å². The fraction of sp³-hybridized carbons (Fsp3) is 0.333. The third kappa shape index (κ3) is 3.41. The summed E-state index contributed by atoms with van der Waals surface area (Å²) in [6, 6.07) is 3.43. The molecule has 0 aromatic carbocycles. The fourth-order valence-electron chi connectivity index (χ4n) is 1.59. The van der Waals surface area contributed by atoms with E-state index in [4.69, 9.17) is 4.52 Å². The number of hydrogen-bond acceptors (Lipinski definition) is 5. The van der Waals surface area contributed by atoms with E-state index >= 15 is 0 Å². The second kappa shape index (κ2) is 5.32. The Kier molecular flexibility index (Phi) is 3.78. The van der Waals surface area contributed by atoms with E-state index in [1.807, 2.05) is 16.8 Å². The molecule has 0 radical (unpaired) electrons. The predicted octanol–water partition coefficient (Wildman–Crippen LogP) is 1.46. The van der Waals surface area contributed by atoms with Gasteiger partial charge in [-0.1, -0.05) is 5.16 Å². The molecular formula is C12H14N2O3S. The third-order valence-corrected chi connectivity index (χ3v) is 3.19. The Labute approximate surface area is 108 Å². The summed E-state index contributed by atoms with van der Waals surface area (Å²) in [4.78, 5) is 11.6. The molecule has 0 saturated heterocycles. The normalized spacial score (nSPS) is 14.1. The highest BCUT2D eigenvalue weighted by Gasteiger charge is 2.23. The number of rotatable bonds is 5. The Morgan fingerprint density at radius 3 is 3.06 bits per heavy atom. The number of nitrogens with zero attached hydrogens (tertiary/aromatic N) is 1. The van der Waals surface area contributed by atoms with E-state index in [2.05, 4.69) is 10.5 Å². The Morgan fingerprint density at radius 2 is 2.44 bits per heavy atom. The van der Waals surface area contributed by atoms with Crippen LogP contribution in [0.25, 0.3) is 0 Å². The van der Waals surface area contributed by atoms with Crippen LogP contribution in [0.2, 0.25) is 0 Å². The maximum atomic E-state index is 11.6. The Balaban J connectivity index is 1.87. The second-order valence-corrected chi connectivity index (χ2v) is 5.14. The Hall–Kier alpha value is -1.66. The molecule has 2 aromatic heterocycles. The van der Waals surface area contributed by atoms with Crippen LogP contribution in [0.1, 0.15) is 23.0 Å². The van der Waals surface area contributed by atoms with Gasteiger partial charge in [-0.2, -0.15) is 11.3 Å². The predicted molar refractivity (Wildman–Crippen MR) is 67.5 cm³/mol. The number of carbonyl (C=O) groups excluding carboxylic acids is 1. The Morgan fingerprint density at radius 1 is 1.61 bits per heavy atom. The van der Waals surface area contributed by atoms with Crippen molar-refractivity contribution in [1.82, 2.24) is 10.5 Å². The number of aliphatic hydroxyl groups is 1. The third-order valence-electron chi connectivity index (χ3n) is 2.46. The average molecular weight is 266 g/mol. The quantitative estimate of drug-likeness (QED) is 0.859. The summed E-state index contributed by atoms with van der Waals surface area (Å²) in [7, 11) is 0. The molecule has 2 aromatic rings. The van der Waals surface area contributed by atoms with E-state index in [0.717, 1.165) is 5.56 Å². The van der Waals surface area contributed by atoms with Crippen molar-refractivity contribution in [2.24, 2.45) is 0 Å². The first-order valence-corrected chi connectivity index (χ1v) is 6.43. The lowest BCUT2D eigenvalue weighted by Crippen LogP contribution is -2.42. The van der Waals surface area contributed by atoms with Crippen LogP contribution in [-0.4, -0.2) is 28.3 Å². The molecule has 1 unspecified atom stereocenters. The summed E-state index contributed by atoms with van der Waals surface area (Å²) in [6.07, 6.45) is 1.89. The maximum Gasteiger partial charge on any atom is 0.289 e. The first kappa shape index (κ1) is 12.8. The van der Waals surface area contributed by atoms with Gasteiger partial charge in [0.25, 0.3) is 5.91 Å². The molecular weight excluding hydrogens is 252 g/mol. The molecule has 6 heteroatoms. The van der Waals surface area contributed by atoms with Crippen molar-refractivity contribution < 1.29 is 14.4 Å². The number of aromatic nitrogens is 1. The van der Waals surface area contributed by atoms with Gasteiger partial charge in [-0.05, 0) is 29.3 Å². The first-order chi connectivity index (χ1) is 8.57. The number of carbonyl (C=O) groups is 1. The van der Waals surface area contributed by atoms with Crippen LogP contribution in [-0.2, 0) is 6.42 Å². The van der Waals surface area contributed by atoms with Crippen LogP contribution < -0.4 is 5.32 Å². The van der Waals surface area contributed by atoms with Gasteiger partial charge in [0.05, 0.1) is 11.8 Å². The second-order valence-electron chi connectivity index (χ2n) is 4.36. The van der Waals surface area contributed by atoms with Gasteiger partial charge < -0.3 is 14.9 Å². The molecule has 2 heterocycles. The van der Waals surface area contributed by atoms with Crippen LogP contribution >= 0.6 is 11.3 Å². The molecule has 0 aliphatic carbocycles. The molecule has 1 atom stereocenters. The molecule has 0 fully saturated rings. The van der Waals surface area contributed by atoms with Gasteiger partial charge in [0, 0.05) is 19.0 Å². The van der Waals surface area contributed by atoms with Gasteiger partial charge in [-0.15, -0.1) is 0 Å². The molecule has 0 saturated carbocycles. The molecule has 5 nitrogen and oxygen atoms in total. The van der Waals surface area contributed by atoms with Gasteiger partial charge in [0.2, 0.25) is 5.76 Å². The van der Waals surface area contributed by atoms with Crippen LogP contribution in [0.5, 0.6) is 0 Å². The molecule has 0 bridgehead atoms. The van der Waals surface area contributed by atoms with Crippen LogP contribution in [0.3, 0.4) is 0 Å². The highest BCUT2D eigenvalue weighted by Crippen LogP contribution is 2.15. The van der Waals surface area contributed by atoms with Crippen LogP contribution in [0, 0.1) is 0 Å². The van der Waals surface area contributed by atoms with E-state index in [-0.39, 0.29) is 18.2 Å². The van der Waals surface area contributed by atoms with Gasteiger partial charge in [0.1, 0.15) is 0 Å². The number of hydrogen-bond donors (Lipinski definition) is 2. The fourth-order valence-corrected chi connectivity index (χ4v) is 2.25.